The molecule has 0 aliphatic carbocycles. The standard InChI is InChI=1S/C18H23Si/c1-3-5-16-19(4-2,17-12-8-6-9-13-17)18-14-10-7-11-15-18/h6-15H,2-5,16H2,1H3. The molecule has 0 aliphatic heterocycles. The first kappa shape index (κ1) is 14.1. The SMILES string of the molecule is [CH2]C[Si](CCCC)(c1ccccc1)c1ccccc1. The zero-order valence-electron chi connectivity index (χ0n) is 11.8. The number of hydrogen-bond donors (Lipinski definition) is 0. The van der Waals surface area contributed by atoms with Crippen molar-refractivity contribution in [3.8, 4) is 0 Å². The molecular weight excluding hydrogens is 244 g/mol. The lowest BCUT2D eigenvalue weighted by Crippen LogP contribution is -2.57. The number of benzene rings is 2. The van der Waals surface area contributed by atoms with Gasteiger partial charge in [0.25, 0.3) is 0 Å². The summed E-state index contributed by atoms with van der Waals surface area (Å²) in [6.07, 6.45) is 2.56. The van der Waals surface area contributed by atoms with E-state index in [-0.39, 0.29) is 0 Å². The van der Waals surface area contributed by atoms with Crippen LogP contribution in [0.25, 0.3) is 0 Å². The summed E-state index contributed by atoms with van der Waals surface area (Å²) in [6.45, 7) is 6.60. The van der Waals surface area contributed by atoms with Crippen LogP contribution in [0, 0.1) is 6.92 Å². The van der Waals surface area contributed by atoms with Crippen molar-refractivity contribution >= 4 is 18.4 Å². The van der Waals surface area contributed by atoms with Crippen molar-refractivity contribution in [3.63, 3.8) is 0 Å². The van der Waals surface area contributed by atoms with Crippen molar-refractivity contribution in [3.05, 3.63) is 67.6 Å². The van der Waals surface area contributed by atoms with E-state index in [0.29, 0.717) is 0 Å². The molecule has 2 rings (SSSR count). The Bertz CT molecular complexity index is 436. The first-order chi connectivity index (χ1) is 9.33. The molecule has 0 nitrogen and oxygen atoms in total. The van der Waals surface area contributed by atoms with Gasteiger partial charge in [-0.2, -0.15) is 0 Å². The Morgan fingerprint density at radius 1 is 0.842 bits per heavy atom. The molecule has 2 aromatic rings. The Hall–Kier alpha value is -1.34. The zero-order valence-corrected chi connectivity index (χ0v) is 12.8. The summed E-state index contributed by atoms with van der Waals surface area (Å²) in [5.74, 6) is 0. The van der Waals surface area contributed by atoms with Crippen LogP contribution in [-0.4, -0.2) is 8.07 Å². The van der Waals surface area contributed by atoms with Crippen molar-refractivity contribution in [1.29, 1.82) is 0 Å². The predicted octanol–water partition coefficient (Wildman–Crippen LogP) is 3.88. The molecule has 0 aliphatic rings. The number of hydrogen-bond acceptors (Lipinski definition) is 0. The van der Waals surface area contributed by atoms with Crippen LogP contribution in [-0.2, 0) is 0 Å². The fourth-order valence-corrected chi connectivity index (χ4v) is 7.22. The van der Waals surface area contributed by atoms with Gasteiger partial charge in [0.1, 0.15) is 8.07 Å². The monoisotopic (exact) mass is 267 g/mol. The molecule has 99 valence electrons. The van der Waals surface area contributed by atoms with Gasteiger partial charge >= 0.3 is 0 Å². The normalized spacial score (nSPS) is 11.5. The van der Waals surface area contributed by atoms with Crippen LogP contribution in [0.5, 0.6) is 0 Å². The van der Waals surface area contributed by atoms with Crippen LogP contribution >= 0.6 is 0 Å². The second kappa shape index (κ2) is 6.72. The highest BCUT2D eigenvalue weighted by atomic mass is 28.3. The second-order valence-electron chi connectivity index (χ2n) is 5.17. The molecule has 19 heavy (non-hydrogen) atoms. The second-order valence-corrected chi connectivity index (χ2v) is 9.49. The van der Waals surface area contributed by atoms with E-state index in [2.05, 4.69) is 74.5 Å². The van der Waals surface area contributed by atoms with E-state index < -0.39 is 8.07 Å². The molecule has 0 amide bonds. The average molecular weight is 267 g/mol. The van der Waals surface area contributed by atoms with Crippen LogP contribution < -0.4 is 10.4 Å². The maximum atomic E-state index is 4.33. The Kier molecular flexibility index (Phi) is 4.98. The summed E-state index contributed by atoms with van der Waals surface area (Å²) in [7, 11) is -1.65. The molecule has 0 N–H and O–H groups in total. The van der Waals surface area contributed by atoms with E-state index in [1.807, 2.05) is 0 Å². The Labute approximate surface area is 118 Å². The van der Waals surface area contributed by atoms with Gasteiger partial charge in [0.05, 0.1) is 0 Å². The summed E-state index contributed by atoms with van der Waals surface area (Å²) in [4.78, 5) is 0. The summed E-state index contributed by atoms with van der Waals surface area (Å²) in [5.41, 5.74) is 0. The smallest absolute Gasteiger partial charge is 0.0654 e. The van der Waals surface area contributed by atoms with Crippen LogP contribution in [0.2, 0.25) is 12.1 Å². The highest BCUT2D eigenvalue weighted by Gasteiger charge is 2.34. The maximum Gasteiger partial charge on any atom is 0.118 e. The van der Waals surface area contributed by atoms with E-state index in [0.717, 1.165) is 6.04 Å². The molecule has 0 saturated carbocycles. The molecule has 0 spiro atoms. The van der Waals surface area contributed by atoms with Crippen molar-refractivity contribution in [2.45, 2.75) is 31.9 Å². The Morgan fingerprint density at radius 3 is 1.68 bits per heavy atom. The number of rotatable bonds is 6. The largest absolute Gasteiger partial charge is 0.118 e. The average Bonchev–Trinajstić information content (AvgIpc) is 2.51. The van der Waals surface area contributed by atoms with Crippen LogP contribution in [0.15, 0.2) is 60.7 Å². The fraction of sp³-hybridized carbons (Fsp3) is 0.278. The van der Waals surface area contributed by atoms with E-state index in [9.17, 15) is 0 Å². The molecule has 1 heteroatoms. The Balaban J connectivity index is 2.48. The van der Waals surface area contributed by atoms with Gasteiger partial charge in [0.2, 0.25) is 0 Å². The van der Waals surface area contributed by atoms with Gasteiger partial charge < -0.3 is 0 Å². The fourth-order valence-electron chi connectivity index (χ4n) is 2.86. The molecule has 0 fully saturated rings. The van der Waals surface area contributed by atoms with Gasteiger partial charge in [0, 0.05) is 0 Å². The minimum atomic E-state index is -1.65. The molecule has 0 unspecified atom stereocenters. The summed E-state index contributed by atoms with van der Waals surface area (Å²) in [6, 6.07) is 24.5. The molecule has 0 bridgehead atoms. The number of unbranched alkanes of at least 4 members (excludes halogenated alkanes) is 1. The predicted molar refractivity (Wildman–Crippen MR) is 87.8 cm³/mol. The molecule has 0 saturated heterocycles. The Morgan fingerprint density at radius 2 is 1.32 bits per heavy atom. The van der Waals surface area contributed by atoms with Crippen molar-refractivity contribution in [2.75, 3.05) is 0 Å². The molecule has 1 radical (unpaired) electrons. The lowest BCUT2D eigenvalue weighted by atomic mass is 10.4. The first-order valence-corrected chi connectivity index (χ1v) is 9.65. The van der Waals surface area contributed by atoms with Gasteiger partial charge in [-0.3, -0.25) is 0 Å². The third-order valence-corrected chi connectivity index (χ3v) is 8.97. The molecule has 2 aromatic carbocycles. The van der Waals surface area contributed by atoms with E-state index >= 15 is 0 Å². The summed E-state index contributed by atoms with van der Waals surface area (Å²) >= 11 is 0. The van der Waals surface area contributed by atoms with E-state index in [4.69, 9.17) is 0 Å². The van der Waals surface area contributed by atoms with Crippen molar-refractivity contribution in [2.24, 2.45) is 0 Å². The molecule has 0 heterocycles. The van der Waals surface area contributed by atoms with Gasteiger partial charge in [-0.25, -0.2) is 0 Å². The quantitative estimate of drug-likeness (QED) is 0.697. The molecule has 0 aromatic heterocycles. The van der Waals surface area contributed by atoms with Crippen LogP contribution in [0.1, 0.15) is 19.8 Å². The van der Waals surface area contributed by atoms with Crippen molar-refractivity contribution < 1.29 is 0 Å². The van der Waals surface area contributed by atoms with Crippen LogP contribution in [0.3, 0.4) is 0 Å². The van der Waals surface area contributed by atoms with Gasteiger partial charge in [-0.15, -0.1) is 0 Å². The lowest BCUT2D eigenvalue weighted by molar-refractivity contribution is 0.870. The maximum absolute atomic E-state index is 4.33. The minimum absolute atomic E-state index is 1.04. The first-order valence-electron chi connectivity index (χ1n) is 7.24. The van der Waals surface area contributed by atoms with Gasteiger partial charge in [-0.05, 0) is 12.1 Å². The molecular formula is C18H23Si. The minimum Gasteiger partial charge on any atom is -0.0654 e. The molecule has 0 atom stereocenters. The van der Waals surface area contributed by atoms with E-state index in [1.165, 1.54) is 29.3 Å². The van der Waals surface area contributed by atoms with Gasteiger partial charge in [-0.1, -0.05) is 97.7 Å². The van der Waals surface area contributed by atoms with E-state index in [1.54, 1.807) is 0 Å². The van der Waals surface area contributed by atoms with Crippen LogP contribution in [0.4, 0.5) is 0 Å². The third-order valence-electron chi connectivity index (χ3n) is 4.04. The summed E-state index contributed by atoms with van der Waals surface area (Å²) < 4.78 is 0. The lowest BCUT2D eigenvalue weighted by Gasteiger charge is -2.32. The van der Waals surface area contributed by atoms with Gasteiger partial charge in [0.15, 0.2) is 0 Å². The highest BCUT2D eigenvalue weighted by molar-refractivity contribution is 7.02. The highest BCUT2D eigenvalue weighted by Crippen LogP contribution is 2.19. The zero-order chi connectivity index (χ0) is 13.6. The summed E-state index contributed by atoms with van der Waals surface area (Å²) in [5, 5.41) is 3.06. The third kappa shape index (κ3) is 2.98. The topological polar surface area (TPSA) is 0 Å². The van der Waals surface area contributed by atoms with Crippen molar-refractivity contribution in [1.82, 2.24) is 0 Å².